The fraction of sp³-hybridized carbons (Fsp3) is 0.167. The highest BCUT2D eigenvalue weighted by atomic mass is 19.1. The SMILES string of the molecule is COc1ccc(COc2c3ncc(Cc4ccc(F)cc4)cc3c(C(=O)NNC(C)=O)c3cn(C)c(O)c23)cc1. The number of methoxy groups -OCH3 is 1. The molecule has 3 aromatic carbocycles. The Morgan fingerprint density at radius 2 is 1.70 bits per heavy atom. The largest absolute Gasteiger partial charge is 0.497 e. The van der Waals surface area contributed by atoms with Crippen LogP contribution in [0.3, 0.4) is 0 Å². The van der Waals surface area contributed by atoms with Gasteiger partial charge in [-0.25, -0.2) is 4.39 Å². The summed E-state index contributed by atoms with van der Waals surface area (Å²) in [5, 5.41) is 12.2. The fourth-order valence-corrected chi connectivity index (χ4v) is 4.58. The summed E-state index contributed by atoms with van der Waals surface area (Å²) in [5.41, 5.74) is 7.80. The van der Waals surface area contributed by atoms with E-state index in [4.69, 9.17) is 9.47 Å². The molecule has 0 saturated carbocycles. The lowest BCUT2D eigenvalue weighted by molar-refractivity contribution is -0.119. The van der Waals surface area contributed by atoms with Crippen molar-refractivity contribution in [2.45, 2.75) is 20.0 Å². The first-order valence-corrected chi connectivity index (χ1v) is 12.4. The highest BCUT2D eigenvalue weighted by Gasteiger charge is 2.26. The zero-order valence-electron chi connectivity index (χ0n) is 22.1. The third-order valence-electron chi connectivity index (χ3n) is 6.52. The van der Waals surface area contributed by atoms with Crippen molar-refractivity contribution in [1.82, 2.24) is 20.4 Å². The standard InChI is InChI=1S/C30H27FN4O5/c1-17(36)33-34-29(37)25-23-13-20(12-18-4-8-21(31)9-5-18)14-32-27(23)28(26-24(25)15-35(2)30(26)38)40-16-19-6-10-22(39-3)11-7-19/h4-11,13-15,38H,12,16H2,1-3H3,(H,33,36)(H,34,37). The number of amides is 2. The number of pyridine rings is 1. The molecule has 0 aliphatic carbocycles. The molecule has 2 heterocycles. The molecule has 3 N–H and O–H groups in total. The van der Waals surface area contributed by atoms with Crippen molar-refractivity contribution < 1.29 is 28.6 Å². The zero-order chi connectivity index (χ0) is 28.4. The molecular formula is C30H27FN4O5. The first-order valence-electron chi connectivity index (χ1n) is 12.4. The smallest absolute Gasteiger partial charge is 0.271 e. The Hall–Kier alpha value is -5.12. The number of ether oxygens (including phenoxy) is 2. The summed E-state index contributed by atoms with van der Waals surface area (Å²) in [6, 6.07) is 15.3. The van der Waals surface area contributed by atoms with Crippen LogP contribution in [0.5, 0.6) is 17.4 Å². The van der Waals surface area contributed by atoms with Crippen LogP contribution in [0.4, 0.5) is 4.39 Å². The summed E-state index contributed by atoms with van der Waals surface area (Å²) in [6.07, 6.45) is 3.73. The van der Waals surface area contributed by atoms with Gasteiger partial charge in [0.1, 0.15) is 23.7 Å². The van der Waals surface area contributed by atoms with E-state index in [2.05, 4.69) is 15.8 Å². The number of rotatable bonds is 7. The van der Waals surface area contributed by atoms with Gasteiger partial charge in [-0.05, 0) is 53.4 Å². The molecule has 0 bridgehead atoms. The van der Waals surface area contributed by atoms with Crippen LogP contribution >= 0.6 is 0 Å². The van der Waals surface area contributed by atoms with Gasteiger partial charge in [-0.2, -0.15) is 0 Å². The van der Waals surface area contributed by atoms with Gasteiger partial charge < -0.3 is 19.1 Å². The number of carbonyl (C=O) groups excluding carboxylic acids is 2. The monoisotopic (exact) mass is 542 g/mol. The van der Waals surface area contributed by atoms with Crippen LogP contribution in [0, 0.1) is 5.82 Å². The van der Waals surface area contributed by atoms with E-state index >= 15 is 0 Å². The van der Waals surface area contributed by atoms with Gasteiger partial charge in [-0.1, -0.05) is 24.3 Å². The molecule has 10 heteroatoms. The first kappa shape index (κ1) is 26.5. The fourth-order valence-electron chi connectivity index (χ4n) is 4.58. The predicted molar refractivity (Wildman–Crippen MR) is 148 cm³/mol. The van der Waals surface area contributed by atoms with Crippen LogP contribution < -0.4 is 20.3 Å². The van der Waals surface area contributed by atoms with Crippen molar-refractivity contribution in [2.24, 2.45) is 7.05 Å². The molecule has 5 aromatic rings. The van der Waals surface area contributed by atoms with E-state index in [0.29, 0.717) is 39.6 Å². The molecule has 5 rings (SSSR count). The second kappa shape index (κ2) is 10.9. The maximum Gasteiger partial charge on any atom is 0.271 e. The van der Waals surface area contributed by atoms with Gasteiger partial charge in [0.2, 0.25) is 11.8 Å². The number of halogens is 1. The third-order valence-corrected chi connectivity index (χ3v) is 6.52. The lowest BCUT2D eigenvalue weighted by atomic mass is 9.97. The van der Waals surface area contributed by atoms with Gasteiger partial charge in [-0.3, -0.25) is 25.4 Å². The van der Waals surface area contributed by atoms with Crippen LogP contribution in [0.2, 0.25) is 0 Å². The number of aryl methyl sites for hydroxylation is 1. The van der Waals surface area contributed by atoms with Crippen LogP contribution in [0.15, 0.2) is 67.0 Å². The van der Waals surface area contributed by atoms with Crippen molar-refractivity contribution in [2.75, 3.05) is 7.11 Å². The summed E-state index contributed by atoms with van der Waals surface area (Å²) in [7, 11) is 3.24. The summed E-state index contributed by atoms with van der Waals surface area (Å²) in [4.78, 5) is 29.6. The highest BCUT2D eigenvalue weighted by molar-refractivity contribution is 6.21. The van der Waals surface area contributed by atoms with E-state index in [0.717, 1.165) is 16.7 Å². The third kappa shape index (κ3) is 5.24. The lowest BCUT2D eigenvalue weighted by Crippen LogP contribution is -2.40. The van der Waals surface area contributed by atoms with Crippen LogP contribution in [-0.4, -0.2) is 33.6 Å². The van der Waals surface area contributed by atoms with Crippen LogP contribution in [0.25, 0.3) is 21.7 Å². The second-order valence-corrected chi connectivity index (χ2v) is 9.37. The van der Waals surface area contributed by atoms with Gasteiger partial charge >= 0.3 is 0 Å². The average molecular weight is 543 g/mol. The van der Waals surface area contributed by atoms with E-state index in [1.165, 1.54) is 23.6 Å². The Balaban J connectivity index is 1.67. The average Bonchev–Trinajstić information content (AvgIpc) is 3.24. The zero-order valence-corrected chi connectivity index (χ0v) is 22.1. The maximum absolute atomic E-state index is 13.4. The minimum atomic E-state index is -0.585. The molecule has 0 saturated heterocycles. The Bertz CT molecular complexity index is 1730. The number of carbonyl (C=O) groups is 2. The predicted octanol–water partition coefficient (Wildman–Crippen LogP) is 4.53. The molecule has 0 fully saturated rings. The van der Waals surface area contributed by atoms with E-state index in [9.17, 15) is 19.1 Å². The first-order chi connectivity index (χ1) is 19.2. The topological polar surface area (TPSA) is 115 Å². The number of nitrogens with zero attached hydrogens (tertiary/aromatic N) is 2. The molecule has 0 aliphatic heterocycles. The maximum atomic E-state index is 13.4. The lowest BCUT2D eigenvalue weighted by Gasteiger charge is -2.16. The molecule has 2 amide bonds. The van der Waals surface area contributed by atoms with Crippen LogP contribution in [0.1, 0.15) is 34.0 Å². The molecule has 204 valence electrons. The number of hydrogen-bond acceptors (Lipinski definition) is 6. The number of hydrogen-bond donors (Lipinski definition) is 3. The summed E-state index contributed by atoms with van der Waals surface area (Å²) in [6.45, 7) is 1.44. The van der Waals surface area contributed by atoms with Crippen molar-refractivity contribution in [1.29, 1.82) is 0 Å². The van der Waals surface area contributed by atoms with E-state index < -0.39 is 11.8 Å². The number of aromatic nitrogens is 2. The molecule has 40 heavy (non-hydrogen) atoms. The summed E-state index contributed by atoms with van der Waals surface area (Å²) >= 11 is 0. The van der Waals surface area contributed by atoms with Crippen molar-refractivity contribution >= 4 is 33.5 Å². The number of nitrogens with one attached hydrogen (secondary N) is 2. The molecule has 0 atom stereocenters. The molecule has 9 nitrogen and oxygen atoms in total. The Labute approximate surface area is 229 Å². The molecule has 0 spiro atoms. The number of hydrazine groups is 1. The summed E-state index contributed by atoms with van der Waals surface area (Å²) < 4.78 is 26.4. The molecule has 0 aliphatic rings. The Morgan fingerprint density at radius 3 is 2.38 bits per heavy atom. The minimum Gasteiger partial charge on any atom is -0.497 e. The highest BCUT2D eigenvalue weighted by Crippen LogP contribution is 2.43. The van der Waals surface area contributed by atoms with Gasteiger partial charge in [0.25, 0.3) is 5.91 Å². The van der Waals surface area contributed by atoms with Gasteiger partial charge in [0.15, 0.2) is 5.75 Å². The Kier molecular flexibility index (Phi) is 7.24. The van der Waals surface area contributed by atoms with E-state index in [-0.39, 0.29) is 23.9 Å². The minimum absolute atomic E-state index is 0.104. The normalized spacial score (nSPS) is 11.0. The number of benzene rings is 3. The second-order valence-electron chi connectivity index (χ2n) is 9.37. The number of aromatic hydroxyl groups is 1. The van der Waals surface area contributed by atoms with E-state index in [1.807, 2.05) is 30.3 Å². The molecule has 0 unspecified atom stereocenters. The van der Waals surface area contributed by atoms with E-state index in [1.54, 1.807) is 38.7 Å². The summed E-state index contributed by atoms with van der Waals surface area (Å²) in [5.74, 6) is -0.447. The molecule has 0 radical (unpaired) electrons. The molecule has 2 aromatic heterocycles. The van der Waals surface area contributed by atoms with Crippen LogP contribution in [-0.2, 0) is 24.9 Å². The van der Waals surface area contributed by atoms with Crippen molar-refractivity contribution in [3.05, 3.63) is 95.1 Å². The number of fused-ring (bicyclic) bond motifs is 2. The van der Waals surface area contributed by atoms with Gasteiger partial charge in [-0.15, -0.1) is 0 Å². The quantitative estimate of drug-likeness (QED) is 0.261. The molecular weight excluding hydrogens is 515 g/mol. The Morgan fingerprint density at radius 1 is 1.00 bits per heavy atom. The van der Waals surface area contributed by atoms with Gasteiger partial charge in [0.05, 0.1) is 18.1 Å². The van der Waals surface area contributed by atoms with Crippen molar-refractivity contribution in [3.8, 4) is 17.4 Å². The van der Waals surface area contributed by atoms with Crippen molar-refractivity contribution in [3.63, 3.8) is 0 Å². The van der Waals surface area contributed by atoms with Gasteiger partial charge in [0, 0.05) is 37.1 Å².